The molecule has 1 aliphatic rings. The Labute approximate surface area is 159 Å². The molecule has 2 rings (SSSR count). The lowest BCUT2D eigenvalue weighted by molar-refractivity contribution is -0.119. The molecule has 3 amide bonds. The Morgan fingerprint density at radius 3 is 2.77 bits per heavy atom. The van der Waals surface area contributed by atoms with E-state index in [1.807, 2.05) is 25.1 Å². The van der Waals surface area contributed by atoms with Crippen LogP contribution in [0.4, 0.5) is 4.79 Å². The maximum absolute atomic E-state index is 12.2. The molecule has 0 aromatic heterocycles. The van der Waals surface area contributed by atoms with E-state index in [9.17, 15) is 9.59 Å². The number of nitrogens with zero attached hydrogens (tertiary/aromatic N) is 2. The Morgan fingerprint density at radius 2 is 2.15 bits per heavy atom. The zero-order chi connectivity index (χ0) is 19.1. The fraction of sp³-hybridized carbons (Fsp3) is 0.556. The van der Waals surface area contributed by atoms with E-state index < -0.39 is 0 Å². The summed E-state index contributed by atoms with van der Waals surface area (Å²) in [6.07, 6.45) is 1.09. The standard InChI is InChI=1S/C18H27ClN4O3/c1-3-6-21-18(25)23-8-7-22(14(12-23)10-17(20)24)11-13-4-5-16(26-2)15(19)9-13/h4-5,9,14H,3,6-8,10-12H2,1-2H3,(H2,20,24)(H,21,25). The third kappa shape index (κ3) is 5.51. The Balaban J connectivity index is 2.06. The van der Waals surface area contributed by atoms with Gasteiger partial charge in [-0.15, -0.1) is 0 Å². The number of amides is 3. The first-order valence-electron chi connectivity index (χ1n) is 8.82. The number of carbonyl (C=O) groups is 2. The normalized spacial score (nSPS) is 17.8. The minimum atomic E-state index is -0.372. The van der Waals surface area contributed by atoms with Crippen LogP contribution in [0.2, 0.25) is 5.02 Å². The highest BCUT2D eigenvalue weighted by molar-refractivity contribution is 6.32. The van der Waals surface area contributed by atoms with E-state index in [1.54, 1.807) is 12.0 Å². The van der Waals surface area contributed by atoms with Crippen molar-refractivity contribution in [1.29, 1.82) is 0 Å². The molecule has 1 unspecified atom stereocenters. The molecule has 1 heterocycles. The molecule has 1 aromatic carbocycles. The van der Waals surface area contributed by atoms with Crippen LogP contribution in [0.1, 0.15) is 25.3 Å². The van der Waals surface area contributed by atoms with Crippen molar-refractivity contribution < 1.29 is 14.3 Å². The molecular formula is C18H27ClN4O3. The number of piperazine rings is 1. The van der Waals surface area contributed by atoms with Gasteiger partial charge in [0.15, 0.2) is 0 Å². The van der Waals surface area contributed by atoms with E-state index in [0.717, 1.165) is 12.0 Å². The zero-order valence-corrected chi connectivity index (χ0v) is 16.1. The molecule has 1 saturated heterocycles. The summed E-state index contributed by atoms with van der Waals surface area (Å²) in [6, 6.07) is 5.44. The van der Waals surface area contributed by atoms with Gasteiger partial charge in [0.2, 0.25) is 5.91 Å². The number of urea groups is 1. The highest BCUT2D eigenvalue weighted by Crippen LogP contribution is 2.26. The number of halogens is 1. The number of nitrogens with one attached hydrogen (secondary N) is 1. The summed E-state index contributed by atoms with van der Waals surface area (Å²) in [6.45, 7) is 5.03. The van der Waals surface area contributed by atoms with Gasteiger partial charge in [-0.05, 0) is 24.1 Å². The SMILES string of the molecule is CCCNC(=O)N1CCN(Cc2ccc(OC)c(Cl)c2)C(CC(N)=O)C1. The molecule has 0 aliphatic carbocycles. The monoisotopic (exact) mass is 382 g/mol. The van der Waals surface area contributed by atoms with Crippen LogP contribution in [0, 0.1) is 0 Å². The van der Waals surface area contributed by atoms with Crippen LogP contribution in [0.5, 0.6) is 5.75 Å². The highest BCUT2D eigenvalue weighted by atomic mass is 35.5. The van der Waals surface area contributed by atoms with Crippen LogP contribution in [0.25, 0.3) is 0 Å². The smallest absolute Gasteiger partial charge is 0.317 e. The highest BCUT2D eigenvalue weighted by Gasteiger charge is 2.30. The van der Waals surface area contributed by atoms with Crippen molar-refractivity contribution in [2.75, 3.05) is 33.3 Å². The first-order chi connectivity index (χ1) is 12.4. The van der Waals surface area contributed by atoms with Crippen LogP contribution in [-0.4, -0.2) is 61.1 Å². The minimum absolute atomic E-state index is 0.0894. The molecule has 8 heteroatoms. The summed E-state index contributed by atoms with van der Waals surface area (Å²) >= 11 is 6.20. The molecule has 26 heavy (non-hydrogen) atoms. The number of carbonyl (C=O) groups excluding carboxylic acids is 2. The van der Waals surface area contributed by atoms with Gasteiger partial charge in [-0.2, -0.15) is 0 Å². The van der Waals surface area contributed by atoms with Crippen molar-refractivity contribution in [3.05, 3.63) is 28.8 Å². The van der Waals surface area contributed by atoms with Crippen LogP contribution >= 0.6 is 11.6 Å². The quantitative estimate of drug-likeness (QED) is 0.753. The van der Waals surface area contributed by atoms with Crippen molar-refractivity contribution in [3.8, 4) is 5.75 Å². The number of ether oxygens (including phenoxy) is 1. The molecule has 0 bridgehead atoms. The molecule has 1 fully saturated rings. The van der Waals surface area contributed by atoms with Gasteiger partial charge in [0.25, 0.3) is 0 Å². The van der Waals surface area contributed by atoms with Crippen LogP contribution in [-0.2, 0) is 11.3 Å². The third-order valence-corrected chi connectivity index (χ3v) is 4.75. The fourth-order valence-electron chi connectivity index (χ4n) is 3.10. The molecule has 1 atom stereocenters. The molecule has 1 aromatic rings. The maximum atomic E-state index is 12.2. The second kappa shape index (κ2) is 9.64. The van der Waals surface area contributed by atoms with Crippen molar-refractivity contribution in [2.24, 2.45) is 5.73 Å². The summed E-state index contributed by atoms with van der Waals surface area (Å²) in [5.74, 6) is 0.255. The van der Waals surface area contributed by atoms with Gasteiger partial charge in [0.05, 0.1) is 12.1 Å². The summed E-state index contributed by atoms with van der Waals surface area (Å²) in [5.41, 5.74) is 6.44. The maximum Gasteiger partial charge on any atom is 0.317 e. The van der Waals surface area contributed by atoms with E-state index in [1.165, 1.54) is 0 Å². The zero-order valence-electron chi connectivity index (χ0n) is 15.3. The van der Waals surface area contributed by atoms with Gasteiger partial charge in [0.1, 0.15) is 5.75 Å². The van der Waals surface area contributed by atoms with Gasteiger partial charge < -0.3 is 20.7 Å². The summed E-state index contributed by atoms with van der Waals surface area (Å²) in [5, 5.41) is 3.43. The second-order valence-corrected chi connectivity index (χ2v) is 6.85. The first kappa shape index (κ1) is 20.3. The lowest BCUT2D eigenvalue weighted by Crippen LogP contribution is -2.57. The Bertz CT molecular complexity index is 641. The number of methoxy groups -OCH3 is 1. The average Bonchev–Trinajstić information content (AvgIpc) is 2.60. The number of hydrogen-bond acceptors (Lipinski definition) is 4. The minimum Gasteiger partial charge on any atom is -0.495 e. The van der Waals surface area contributed by atoms with Gasteiger partial charge in [-0.25, -0.2) is 4.79 Å². The number of nitrogens with two attached hydrogens (primary N) is 1. The molecular weight excluding hydrogens is 356 g/mol. The Morgan fingerprint density at radius 1 is 1.38 bits per heavy atom. The lowest BCUT2D eigenvalue weighted by atomic mass is 10.1. The largest absolute Gasteiger partial charge is 0.495 e. The van der Waals surface area contributed by atoms with E-state index in [0.29, 0.717) is 43.5 Å². The summed E-state index contributed by atoms with van der Waals surface area (Å²) in [7, 11) is 1.58. The number of benzene rings is 1. The Kier molecular flexibility index (Phi) is 7.53. The number of rotatable bonds is 7. The van der Waals surface area contributed by atoms with Gasteiger partial charge in [-0.1, -0.05) is 24.6 Å². The predicted octanol–water partition coefficient (Wildman–Crippen LogP) is 1.83. The van der Waals surface area contributed by atoms with Gasteiger partial charge in [0, 0.05) is 45.2 Å². The number of primary amides is 1. The summed E-state index contributed by atoms with van der Waals surface area (Å²) < 4.78 is 5.18. The molecule has 3 N–H and O–H groups in total. The molecule has 1 aliphatic heterocycles. The average molecular weight is 383 g/mol. The topological polar surface area (TPSA) is 87.9 Å². The van der Waals surface area contributed by atoms with Crippen molar-refractivity contribution >= 4 is 23.5 Å². The molecule has 7 nitrogen and oxygen atoms in total. The lowest BCUT2D eigenvalue weighted by Gasteiger charge is -2.41. The van der Waals surface area contributed by atoms with Crippen molar-refractivity contribution in [1.82, 2.24) is 15.1 Å². The van der Waals surface area contributed by atoms with Crippen molar-refractivity contribution in [3.63, 3.8) is 0 Å². The molecule has 0 saturated carbocycles. The predicted molar refractivity (Wildman–Crippen MR) is 101 cm³/mol. The third-order valence-electron chi connectivity index (χ3n) is 4.46. The van der Waals surface area contributed by atoms with E-state index in [2.05, 4.69) is 10.2 Å². The first-order valence-corrected chi connectivity index (χ1v) is 9.20. The van der Waals surface area contributed by atoms with Crippen molar-refractivity contribution in [2.45, 2.75) is 32.4 Å². The number of hydrogen-bond donors (Lipinski definition) is 2. The van der Waals surface area contributed by atoms with Gasteiger partial charge in [-0.3, -0.25) is 9.69 Å². The molecule has 144 valence electrons. The summed E-state index contributed by atoms with van der Waals surface area (Å²) in [4.78, 5) is 27.6. The van der Waals surface area contributed by atoms with Crippen LogP contribution in [0.15, 0.2) is 18.2 Å². The molecule has 0 spiro atoms. The second-order valence-electron chi connectivity index (χ2n) is 6.44. The van der Waals surface area contributed by atoms with Crippen LogP contribution < -0.4 is 15.8 Å². The Hall–Kier alpha value is -1.99. The fourth-order valence-corrected chi connectivity index (χ4v) is 3.38. The molecule has 0 radical (unpaired) electrons. The van der Waals surface area contributed by atoms with E-state index in [4.69, 9.17) is 22.1 Å². The van der Waals surface area contributed by atoms with E-state index >= 15 is 0 Å². The van der Waals surface area contributed by atoms with Gasteiger partial charge >= 0.3 is 6.03 Å². The van der Waals surface area contributed by atoms with Crippen LogP contribution in [0.3, 0.4) is 0 Å². The van der Waals surface area contributed by atoms with E-state index in [-0.39, 0.29) is 24.4 Å².